The second-order valence-electron chi connectivity index (χ2n) is 8.53. The molecule has 3 aromatic rings. The van der Waals surface area contributed by atoms with Crippen LogP contribution in [-0.2, 0) is 15.1 Å². The SMILES string of the molecule is O=C(O)c1c[nH]c2cc(Cl)c(-c3ccc(C4(O)CCC4)cc3)cc12.O=CO.OC1COCC(O)C1. The molecule has 6 N–H and O–H groups in total. The third-order valence-electron chi connectivity index (χ3n) is 6.08. The summed E-state index contributed by atoms with van der Waals surface area (Å²) in [6.07, 6.45) is 3.65. The Labute approximate surface area is 206 Å². The number of benzene rings is 2. The highest BCUT2D eigenvalue weighted by Crippen LogP contribution is 2.42. The molecule has 2 unspecified atom stereocenters. The Hall–Kier alpha value is -2.95. The molecule has 1 aliphatic heterocycles. The summed E-state index contributed by atoms with van der Waals surface area (Å²) in [6.45, 7) is 0.494. The van der Waals surface area contributed by atoms with E-state index in [0.29, 0.717) is 35.6 Å². The molecule has 5 rings (SSSR count). The summed E-state index contributed by atoms with van der Waals surface area (Å²) in [5, 5.41) is 45.4. The van der Waals surface area contributed by atoms with Crippen LogP contribution in [0.3, 0.4) is 0 Å². The van der Waals surface area contributed by atoms with Crippen LogP contribution in [0.2, 0.25) is 5.02 Å². The van der Waals surface area contributed by atoms with Crippen LogP contribution in [0.25, 0.3) is 22.0 Å². The molecule has 10 heteroatoms. The molecule has 2 aromatic carbocycles. The summed E-state index contributed by atoms with van der Waals surface area (Å²) < 4.78 is 4.79. The van der Waals surface area contributed by atoms with E-state index < -0.39 is 23.8 Å². The van der Waals surface area contributed by atoms with Crippen molar-refractivity contribution in [2.75, 3.05) is 13.2 Å². The number of aromatic carboxylic acids is 1. The minimum Gasteiger partial charge on any atom is -0.483 e. The van der Waals surface area contributed by atoms with Gasteiger partial charge in [-0.25, -0.2) is 4.79 Å². The number of fused-ring (bicyclic) bond motifs is 1. The van der Waals surface area contributed by atoms with Crippen molar-refractivity contribution in [3.63, 3.8) is 0 Å². The van der Waals surface area contributed by atoms with E-state index in [2.05, 4.69) is 4.98 Å². The molecule has 1 saturated carbocycles. The maximum absolute atomic E-state index is 11.3. The van der Waals surface area contributed by atoms with Gasteiger partial charge in [0.15, 0.2) is 0 Å². The zero-order chi connectivity index (χ0) is 25.6. The number of ether oxygens (including phenoxy) is 1. The first-order valence-electron chi connectivity index (χ1n) is 11.1. The third kappa shape index (κ3) is 6.39. The minimum absolute atomic E-state index is 0.225. The molecule has 2 heterocycles. The lowest BCUT2D eigenvalue weighted by Gasteiger charge is -2.37. The van der Waals surface area contributed by atoms with E-state index in [9.17, 15) is 15.0 Å². The lowest BCUT2D eigenvalue weighted by atomic mass is 9.75. The van der Waals surface area contributed by atoms with Crippen molar-refractivity contribution < 1.29 is 39.9 Å². The van der Waals surface area contributed by atoms with Crippen LogP contribution < -0.4 is 0 Å². The molecule has 2 fully saturated rings. The molecule has 1 aliphatic carbocycles. The number of halogens is 1. The van der Waals surface area contributed by atoms with E-state index in [1.165, 1.54) is 6.20 Å². The Morgan fingerprint density at radius 2 is 1.71 bits per heavy atom. The number of carboxylic acids is 1. The highest BCUT2D eigenvalue weighted by atomic mass is 35.5. The van der Waals surface area contributed by atoms with Crippen LogP contribution in [0.5, 0.6) is 0 Å². The Morgan fingerprint density at radius 3 is 2.17 bits per heavy atom. The number of hydrogen-bond acceptors (Lipinski definition) is 6. The molecule has 2 aliphatic rings. The minimum atomic E-state index is -0.975. The quantitative estimate of drug-likeness (QED) is 0.295. The molecule has 0 amide bonds. The van der Waals surface area contributed by atoms with Crippen LogP contribution in [0, 0.1) is 0 Å². The maximum Gasteiger partial charge on any atom is 0.337 e. The maximum atomic E-state index is 11.3. The van der Waals surface area contributed by atoms with Crippen LogP contribution in [-0.4, -0.2) is 68.4 Å². The number of aromatic nitrogens is 1. The van der Waals surface area contributed by atoms with Gasteiger partial charge in [0.1, 0.15) is 0 Å². The molecular weight excluding hydrogens is 478 g/mol. The molecule has 0 spiro atoms. The second kappa shape index (κ2) is 11.7. The highest BCUT2D eigenvalue weighted by molar-refractivity contribution is 6.34. The standard InChI is InChI=1S/C19H16ClNO3.C5H10O3.CH2O2/c20-16-9-17-14(15(10-21-17)18(22)23)8-13(16)11-2-4-12(5-3-11)19(24)6-1-7-19;6-4-1-5(7)3-8-2-4;2-1-3/h2-5,8-10,21,24H,1,6-7H2,(H,22,23);4-7H,1-3H2;1H,(H,2,3). The number of rotatable bonds is 3. The second-order valence-corrected chi connectivity index (χ2v) is 8.94. The van der Waals surface area contributed by atoms with Gasteiger partial charge in [-0.1, -0.05) is 35.9 Å². The molecule has 0 radical (unpaired) electrons. The molecule has 35 heavy (non-hydrogen) atoms. The van der Waals surface area contributed by atoms with E-state index in [4.69, 9.17) is 36.5 Å². The van der Waals surface area contributed by atoms with Crippen molar-refractivity contribution in [2.45, 2.75) is 43.5 Å². The van der Waals surface area contributed by atoms with Gasteiger partial charge in [0, 0.05) is 29.1 Å². The number of aromatic amines is 1. The lowest BCUT2D eigenvalue weighted by Crippen LogP contribution is -2.33. The fraction of sp³-hybridized carbons (Fsp3) is 0.360. The van der Waals surface area contributed by atoms with E-state index in [1.807, 2.05) is 24.3 Å². The summed E-state index contributed by atoms with van der Waals surface area (Å²) in [5.74, 6) is -0.975. The molecule has 1 aromatic heterocycles. The molecule has 0 bridgehead atoms. The third-order valence-corrected chi connectivity index (χ3v) is 6.39. The van der Waals surface area contributed by atoms with Crippen molar-refractivity contribution >= 4 is 34.9 Å². The van der Waals surface area contributed by atoms with Gasteiger partial charge >= 0.3 is 5.97 Å². The highest BCUT2D eigenvalue weighted by Gasteiger charge is 2.35. The number of carbonyl (C=O) groups is 2. The first kappa shape index (κ1) is 26.7. The smallest absolute Gasteiger partial charge is 0.337 e. The van der Waals surface area contributed by atoms with Crippen LogP contribution >= 0.6 is 11.6 Å². The van der Waals surface area contributed by atoms with Crippen LogP contribution in [0.1, 0.15) is 41.6 Å². The lowest BCUT2D eigenvalue weighted by molar-refractivity contribution is -0.122. The van der Waals surface area contributed by atoms with Gasteiger partial charge in [0.2, 0.25) is 0 Å². The van der Waals surface area contributed by atoms with E-state index in [1.54, 1.807) is 12.1 Å². The number of H-pyrrole nitrogens is 1. The zero-order valence-electron chi connectivity index (χ0n) is 18.9. The number of aliphatic hydroxyl groups excluding tert-OH is 2. The Balaban J connectivity index is 0.000000260. The summed E-state index contributed by atoms with van der Waals surface area (Å²) in [4.78, 5) is 22.6. The summed E-state index contributed by atoms with van der Waals surface area (Å²) in [7, 11) is 0. The Kier molecular flexibility index (Phi) is 8.87. The van der Waals surface area contributed by atoms with Crippen LogP contribution in [0.4, 0.5) is 0 Å². The Morgan fingerprint density at radius 1 is 1.11 bits per heavy atom. The summed E-state index contributed by atoms with van der Waals surface area (Å²) >= 11 is 6.38. The molecule has 2 atom stereocenters. The van der Waals surface area contributed by atoms with Gasteiger partial charge in [-0.3, -0.25) is 4.79 Å². The largest absolute Gasteiger partial charge is 0.483 e. The summed E-state index contributed by atoms with van der Waals surface area (Å²) in [6, 6.07) is 11.2. The van der Waals surface area contributed by atoms with Gasteiger partial charge in [0.05, 0.1) is 41.6 Å². The predicted octanol–water partition coefficient (Wildman–Crippen LogP) is 3.39. The molecular formula is C25H28ClNO8. The fourth-order valence-corrected chi connectivity index (χ4v) is 4.36. The topological polar surface area (TPSA) is 160 Å². The van der Waals surface area contributed by atoms with Crippen molar-refractivity contribution in [3.8, 4) is 11.1 Å². The first-order valence-corrected chi connectivity index (χ1v) is 11.4. The van der Waals surface area contributed by atoms with Crippen LogP contribution in [0.15, 0.2) is 42.6 Å². The van der Waals surface area contributed by atoms with Crippen molar-refractivity contribution in [2.24, 2.45) is 0 Å². The van der Waals surface area contributed by atoms with Gasteiger partial charge in [-0.15, -0.1) is 0 Å². The van der Waals surface area contributed by atoms with Gasteiger partial charge < -0.3 is 35.3 Å². The molecule has 1 saturated heterocycles. The number of nitrogens with one attached hydrogen (secondary N) is 1. The summed E-state index contributed by atoms with van der Waals surface area (Å²) in [5.41, 5.74) is 2.82. The van der Waals surface area contributed by atoms with Gasteiger partial charge in [0.25, 0.3) is 6.47 Å². The number of carboxylic acid groups (broad SMARTS) is 2. The Bertz CT molecular complexity index is 1150. The zero-order valence-corrected chi connectivity index (χ0v) is 19.6. The molecule has 9 nitrogen and oxygen atoms in total. The van der Waals surface area contributed by atoms with E-state index in [-0.39, 0.29) is 12.0 Å². The number of aliphatic hydroxyl groups is 3. The van der Waals surface area contributed by atoms with E-state index in [0.717, 1.165) is 36.0 Å². The monoisotopic (exact) mass is 505 g/mol. The number of hydrogen-bond donors (Lipinski definition) is 6. The van der Waals surface area contributed by atoms with Gasteiger partial charge in [-0.05, 0) is 42.5 Å². The normalized spacial score (nSPS) is 20.5. The first-order chi connectivity index (χ1) is 16.7. The van der Waals surface area contributed by atoms with Crippen molar-refractivity contribution in [1.29, 1.82) is 0 Å². The van der Waals surface area contributed by atoms with Crippen molar-refractivity contribution in [1.82, 2.24) is 4.98 Å². The van der Waals surface area contributed by atoms with Gasteiger partial charge in [-0.2, -0.15) is 0 Å². The van der Waals surface area contributed by atoms with E-state index >= 15 is 0 Å². The average molecular weight is 506 g/mol. The van der Waals surface area contributed by atoms with Crippen molar-refractivity contribution in [3.05, 3.63) is 58.7 Å². The molecule has 188 valence electrons. The fourth-order valence-electron chi connectivity index (χ4n) is 4.09. The predicted molar refractivity (Wildman–Crippen MR) is 130 cm³/mol. The average Bonchev–Trinajstić information content (AvgIpc) is 3.21.